The highest BCUT2D eigenvalue weighted by molar-refractivity contribution is 5.81. The summed E-state index contributed by atoms with van der Waals surface area (Å²) in [6, 6.07) is 9.52. The summed E-state index contributed by atoms with van der Waals surface area (Å²) in [7, 11) is 0. The van der Waals surface area contributed by atoms with Crippen molar-refractivity contribution < 1.29 is 24.8 Å². The fourth-order valence-corrected chi connectivity index (χ4v) is 3.33. The first-order valence-corrected chi connectivity index (χ1v) is 9.37. The van der Waals surface area contributed by atoms with Crippen molar-refractivity contribution in [2.75, 3.05) is 18.9 Å². The molecule has 29 heavy (non-hydrogen) atoms. The number of para-hydroxylation sites is 1. The lowest BCUT2D eigenvalue weighted by Gasteiger charge is -2.16. The van der Waals surface area contributed by atoms with Gasteiger partial charge in [0.2, 0.25) is 0 Å². The fourth-order valence-electron chi connectivity index (χ4n) is 3.33. The molecule has 0 bridgehead atoms. The smallest absolute Gasteiger partial charge is 0.167 e. The first-order chi connectivity index (χ1) is 14.1. The number of benzene rings is 1. The van der Waals surface area contributed by atoms with Crippen LogP contribution in [0.25, 0.3) is 11.2 Å². The van der Waals surface area contributed by atoms with E-state index < -0.39 is 31.1 Å². The Morgan fingerprint density at radius 3 is 2.66 bits per heavy atom. The molecule has 1 saturated heterocycles. The van der Waals surface area contributed by atoms with Crippen molar-refractivity contribution in [2.45, 2.75) is 37.4 Å². The number of aromatic nitrogens is 4. The van der Waals surface area contributed by atoms with Crippen LogP contribution in [0.1, 0.15) is 18.5 Å². The number of fused-ring (bicyclic) bond motifs is 1. The molecule has 0 aliphatic carbocycles. The SMILES string of the molecule is Nc1nc(CCCOc2ccccc2)nc2c1ncn2C1OC(CO)C(O)C1O. The van der Waals surface area contributed by atoms with Gasteiger partial charge in [0.25, 0.3) is 0 Å². The molecule has 0 spiro atoms. The van der Waals surface area contributed by atoms with E-state index in [4.69, 9.17) is 15.2 Å². The largest absolute Gasteiger partial charge is 0.494 e. The van der Waals surface area contributed by atoms with Crippen molar-refractivity contribution >= 4 is 17.0 Å². The van der Waals surface area contributed by atoms with Gasteiger partial charge in [-0.2, -0.15) is 0 Å². The zero-order chi connectivity index (χ0) is 20.4. The number of aliphatic hydroxyl groups is 3. The Hall–Kier alpha value is -2.79. The molecule has 0 amide bonds. The number of ether oxygens (including phenoxy) is 2. The van der Waals surface area contributed by atoms with Gasteiger partial charge in [0.1, 0.15) is 35.4 Å². The van der Waals surface area contributed by atoms with Crippen molar-refractivity contribution in [1.29, 1.82) is 0 Å². The molecule has 2 aromatic heterocycles. The molecule has 1 aliphatic heterocycles. The Kier molecular flexibility index (Phi) is 5.58. The van der Waals surface area contributed by atoms with Crippen LogP contribution in [0.15, 0.2) is 36.7 Å². The predicted molar refractivity (Wildman–Crippen MR) is 103 cm³/mol. The van der Waals surface area contributed by atoms with Crippen LogP contribution in [-0.2, 0) is 11.2 Å². The normalized spacial score (nSPS) is 24.2. The third kappa shape index (κ3) is 3.87. The summed E-state index contributed by atoms with van der Waals surface area (Å²) in [5.41, 5.74) is 6.81. The van der Waals surface area contributed by atoms with Gasteiger partial charge < -0.3 is 30.5 Å². The Balaban J connectivity index is 1.49. The quantitative estimate of drug-likeness (QED) is 0.402. The van der Waals surface area contributed by atoms with Crippen molar-refractivity contribution in [2.24, 2.45) is 0 Å². The van der Waals surface area contributed by atoms with E-state index in [1.165, 1.54) is 10.9 Å². The second kappa shape index (κ2) is 8.29. The van der Waals surface area contributed by atoms with E-state index in [0.717, 1.165) is 5.75 Å². The predicted octanol–water partition coefficient (Wildman–Crippen LogP) is 0.0316. The number of nitrogens with zero attached hydrogens (tertiary/aromatic N) is 4. The lowest BCUT2D eigenvalue weighted by Crippen LogP contribution is -2.33. The minimum absolute atomic E-state index is 0.222. The highest BCUT2D eigenvalue weighted by atomic mass is 16.6. The lowest BCUT2D eigenvalue weighted by atomic mass is 10.1. The summed E-state index contributed by atoms with van der Waals surface area (Å²) in [4.78, 5) is 13.0. The molecule has 10 heteroatoms. The maximum absolute atomic E-state index is 10.3. The van der Waals surface area contributed by atoms with Gasteiger partial charge in [-0.25, -0.2) is 15.0 Å². The van der Waals surface area contributed by atoms with Crippen molar-refractivity contribution in [1.82, 2.24) is 19.5 Å². The number of aryl methyl sites for hydroxylation is 1. The molecule has 5 N–H and O–H groups in total. The van der Waals surface area contributed by atoms with Gasteiger partial charge in [-0.1, -0.05) is 18.2 Å². The van der Waals surface area contributed by atoms with E-state index in [-0.39, 0.29) is 5.82 Å². The molecule has 1 aromatic carbocycles. The van der Waals surface area contributed by atoms with Crippen LogP contribution in [0, 0.1) is 0 Å². The van der Waals surface area contributed by atoms with Gasteiger partial charge in [-0.05, 0) is 18.6 Å². The molecule has 3 heterocycles. The monoisotopic (exact) mass is 401 g/mol. The zero-order valence-corrected chi connectivity index (χ0v) is 15.6. The van der Waals surface area contributed by atoms with Crippen LogP contribution in [0.2, 0.25) is 0 Å². The van der Waals surface area contributed by atoms with Crippen LogP contribution in [0.4, 0.5) is 5.82 Å². The first-order valence-electron chi connectivity index (χ1n) is 9.37. The standard InChI is InChI=1S/C19H23N5O5/c20-17-14-18(24(10-21-14)19-16(27)15(26)12(9-25)29-19)23-13(22-17)7-4-8-28-11-5-2-1-3-6-11/h1-3,5-6,10,12,15-16,19,25-27H,4,7-9H2,(H2,20,22,23). The van der Waals surface area contributed by atoms with Crippen molar-refractivity contribution in [3.8, 4) is 5.75 Å². The number of hydrogen-bond donors (Lipinski definition) is 4. The number of hydrogen-bond acceptors (Lipinski definition) is 9. The van der Waals surface area contributed by atoms with E-state index in [2.05, 4.69) is 15.0 Å². The van der Waals surface area contributed by atoms with Gasteiger partial charge in [-0.3, -0.25) is 4.57 Å². The molecule has 0 radical (unpaired) electrons. The second-order valence-corrected chi connectivity index (χ2v) is 6.84. The summed E-state index contributed by atoms with van der Waals surface area (Å²) < 4.78 is 12.7. The summed E-state index contributed by atoms with van der Waals surface area (Å²) in [6.07, 6.45) is -1.62. The third-order valence-corrected chi connectivity index (χ3v) is 4.84. The maximum atomic E-state index is 10.3. The number of nitrogens with two attached hydrogens (primary N) is 1. The van der Waals surface area contributed by atoms with Crippen LogP contribution in [0.5, 0.6) is 5.75 Å². The Morgan fingerprint density at radius 1 is 1.14 bits per heavy atom. The molecule has 154 valence electrons. The van der Waals surface area contributed by atoms with Gasteiger partial charge in [0.15, 0.2) is 17.7 Å². The summed E-state index contributed by atoms with van der Waals surface area (Å²) in [5.74, 6) is 1.53. The number of rotatable bonds is 7. The molecule has 1 fully saturated rings. The Bertz CT molecular complexity index is 966. The van der Waals surface area contributed by atoms with E-state index >= 15 is 0 Å². The van der Waals surface area contributed by atoms with E-state index in [1.54, 1.807) is 0 Å². The molecule has 3 aromatic rings. The van der Waals surface area contributed by atoms with Crippen molar-refractivity contribution in [3.05, 3.63) is 42.5 Å². The average molecular weight is 401 g/mol. The second-order valence-electron chi connectivity index (χ2n) is 6.84. The highest BCUT2D eigenvalue weighted by Crippen LogP contribution is 2.32. The summed E-state index contributed by atoms with van der Waals surface area (Å²) in [6.45, 7) is 0.0878. The zero-order valence-electron chi connectivity index (χ0n) is 15.6. The van der Waals surface area contributed by atoms with E-state index in [0.29, 0.717) is 36.4 Å². The molecular formula is C19H23N5O5. The molecule has 10 nitrogen and oxygen atoms in total. The molecule has 0 saturated carbocycles. The maximum Gasteiger partial charge on any atom is 0.167 e. The molecule has 4 atom stereocenters. The van der Waals surface area contributed by atoms with Crippen LogP contribution in [0.3, 0.4) is 0 Å². The van der Waals surface area contributed by atoms with Gasteiger partial charge >= 0.3 is 0 Å². The van der Waals surface area contributed by atoms with Crippen molar-refractivity contribution in [3.63, 3.8) is 0 Å². The van der Waals surface area contributed by atoms with E-state index in [1.807, 2.05) is 30.3 Å². The summed E-state index contributed by atoms with van der Waals surface area (Å²) in [5, 5.41) is 29.6. The number of aliphatic hydroxyl groups excluding tert-OH is 3. The number of imidazole rings is 1. The van der Waals surface area contributed by atoms with Crippen LogP contribution >= 0.6 is 0 Å². The Morgan fingerprint density at radius 2 is 1.93 bits per heavy atom. The Labute approximate surface area is 166 Å². The van der Waals surface area contributed by atoms with Gasteiger partial charge in [-0.15, -0.1) is 0 Å². The first kappa shape index (κ1) is 19.5. The van der Waals surface area contributed by atoms with Crippen LogP contribution < -0.4 is 10.5 Å². The topological polar surface area (TPSA) is 149 Å². The van der Waals surface area contributed by atoms with Crippen LogP contribution in [-0.4, -0.2) is 66.4 Å². The third-order valence-electron chi connectivity index (χ3n) is 4.84. The van der Waals surface area contributed by atoms with E-state index in [9.17, 15) is 15.3 Å². The van der Waals surface area contributed by atoms with Gasteiger partial charge in [0.05, 0.1) is 19.5 Å². The summed E-state index contributed by atoms with van der Waals surface area (Å²) >= 11 is 0. The molecule has 1 aliphatic rings. The minimum atomic E-state index is -1.23. The molecule has 4 rings (SSSR count). The van der Waals surface area contributed by atoms with Gasteiger partial charge in [0, 0.05) is 6.42 Å². The fraction of sp³-hybridized carbons (Fsp3) is 0.421. The molecule has 4 unspecified atom stereocenters. The number of nitrogen functional groups attached to an aromatic ring is 1. The molecular weight excluding hydrogens is 378 g/mol. The highest BCUT2D eigenvalue weighted by Gasteiger charge is 2.44. The average Bonchev–Trinajstić information content (AvgIpc) is 3.28. The lowest BCUT2D eigenvalue weighted by molar-refractivity contribution is -0.0511. The minimum Gasteiger partial charge on any atom is -0.494 e. The number of anilines is 1.